The second-order valence-corrected chi connectivity index (χ2v) is 3.99. The van der Waals surface area contributed by atoms with Crippen LogP contribution in [-0.2, 0) is 6.42 Å². The lowest BCUT2D eigenvalue weighted by Crippen LogP contribution is -2.11. The summed E-state index contributed by atoms with van der Waals surface area (Å²) < 4.78 is 0. The molecule has 0 spiro atoms. The van der Waals surface area contributed by atoms with E-state index in [0.717, 1.165) is 24.8 Å². The summed E-state index contributed by atoms with van der Waals surface area (Å²) in [5.74, 6) is -0.528. The first-order valence-electron chi connectivity index (χ1n) is 5.77. The average molecular weight is 221 g/mol. The van der Waals surface area contributed by atoms with E-state index in [4.69, 9.17) is 5.73 Å². The quantitative estimate of drug-likeness (QED) is 0.725. The fourth-order valence-electron chi connectivity index (χ4n) is 1.73. The Morgan fingerprint density at radius 1 is 1.31 bits per heavy atom. The van der Waals surface area contributed by atoms with Crippen molar-refractivity contribution in [2.45, 2.75) is 39.0 Å². The maximum Gasteiger partial charge on any atom is 0.252 e. The van der Waals surface area contributed by atoms with Crippen molar-refractivity contribution in [1.82, 2.24) is 0 Å². The van der Waals surface area contributed by atoms with Crippen molar-refractivity contribution in [1.29, 1.82) is 0 Å². The summed E-state index contributed by atoms with van der Waals surface area (Å²) in [5, 5.41) is 9.81. The number of nitrogens with two attached hydrogens (primary N) is 1. The van der Waals surface area contributed by atoms with Gasteiger partial charge in [-0.1, -0.05) is 38.3 Å². The molecule has 0 atom stereocenters. The van der Waals surface area contributed by atoms with E-state index < -0.39 is 5.91 Å². The minimum atomic E-state index is -0.576. The standard InChI is InChI=1S/C13H19NO2/c1-2-3-4-5-7-10-8-6-9-11(12(10)15)13(14)16/h6,8-9,15H,2-5,7H2,1H3,(H2,14,16). The summed E-state index contributed by atoms with van der Waals surface area (Å²) in [6.45, 7) is 2.16. The van der Waals surface area contributed by atoms with Gasteiger partial charge in [0, 0.05) is 0 Å². The Morgan fingerprint density at radius 2 is 2.06 bits per heavy atom. The number of amides is 1. The number of aromatic hydroxyl groups is 1. The number of aryl methyl sites for hydroxylation is 1. The number of hydrogen-bond donors (Lipinski definition) is 2. The number of para-hydroxylation sites is 1. The van der Waals surface area contributed by atoms with Gasteiger partial charge in [0.05, 0.1) is 5.56 Å². The van der Waals surface area contributed by atoms with Gasteiger partial charge >= 0.3 is 0 Å². The third-order valence-electron chi connectivity index (χ3n) is 2.68. The van der Waals surface area contributed by atoms with Crippen molar-refractivity contribution in [3.8, 4) is 5.75 Å². The minimum absolute atomic E-state index is 0.0477. The Balaban J connectivity index is 2.66. The molecular weight excluding hydrogens is 202 g/mol. The van der Waals surface area contributed by atoms with Crippen molar-refractivity contribution >= 4 is 5.91 Å². The van der Waals surface area contributed by atoms with Gasteiger partial charge in [0.1, 0.15) is 5.75 Å². The molecule has 0 aliphatic heterocycles. The van der Waals surface area contributed by atoms with Crippen LogP contribution in [0.3, 0.4) is 0 Å². The van der Waals surface area contributed by atoms with Gasteiger partial charge in [-0.25, -0.2) is 0 Å². The number of benzene rings is 1. The van der Waals surface area contributed by atoms with Gasteiger partial charge in [0.15, 0.2) is 0 Å². The van der Waals surface area contributed by atoms with Crippen LogP contribution in [0.15, 0.2) is 18.2 Å². The number of hydrogen-bond acceptors (Lipinski definition) is 2. The van der Waals surface area contributed by atoms with Crippen molar-refractivity contribution in [3.05, 3.63) is 29.3 Å². The molecule has 0 heterocycles. The monoisotopic (exact) mass is 221 g/mol. The topological polar surface area (TPSA) is 63.3 Å². The molecule has 0 radical (unpaired) electrons. The highest BCUT2D eigenvalue weighted by Gasteiger charge is 2.10. The number of phenols is 1. The first-order valence-corrected chi connectivity index (χ1v) is 5.77. The van der Waals surface area contributed by atoms with Gasteiger partial charge in [-0.2, -0.15) is 0 Å². The zero-order chi connectivity index (χ0) is 12.0. The van der Waals surface area contributed by atoms with E-state index in [1.165, 1.54) is 12.8 Å². The van der Waals surface area contributed by atoms with E-state index in [1.54, 1.807) is 12.1 Å². The van der Waals surface area contributed by atoms with E-state index in [2.05, 4.69) is 6.92 Å². The summed E-state index contributed by atoms with van der Waals surface area (Å²) in [4.78, 5) is 11.0. The molecule has 0 bridgehead atoms. The Kier molecular flexibility index (Phi) is 4.83. The fourth-order valence-corrected chi connectivity index (χ4v) is 1.73. The molecule has 0 saturated heterocycles. The lowest BCUT2D eigenvalue weighted by Gasteiger charge is -2.07. The second kappa shape index (κ2) is 6.16. The molecule has 3 heteroatoms. The van der Waals surface area contributed by atoms with Gasteiger partial charge in [-0.15, -0.1) is 0 Å². The van der Waals surface area contributed by atoms with Gasteiger partial charge in [-0.3, -0.25) is 4.79 Å². The highest BCUT2D eigenvalue weighted by molar-refractivity contribution is 5.95. The number of rotatable bonds is 6. The van der Waals surface area contributed by atoms with Crippen LogP contribution < -0.4 is 5.73 Å². The van der Waals surface area contributed by atoms with E-state index in [-0.39, 0.29) is 11.3 Å². The van der Waals surface area contributed by atoms with Gasteiger partial charge in [-0.05, 0) is 24.5 Å². The zero-order valence-electron chi connectivity index (χ0n) is 9.70. The minimum Gasteiger partial charge on any atom is -0.507 e. The molecule has 3 nitrogen and oxygen atoms in total. The van der Waals surface area contributed by atoms with Crippen LogP contribution in [0.2, 0.25) is 0 Å². The molecule has 0 aromatic heterocycles. The lowest BCUT2D eigenvalue weighted by molar-refractivity contribution is 0.0997. The van der Waals surface area contributed by atoms with Crippen LogP contribution in [0.25, 0.3) is 0 Å². The van der Waals surface area contributed by atoms with Crippen molar-refractivity contribution in [2.75, 3.05) is 0 Å². The zero-order valence-corrected chi connectivity index (χ0v) is 9.70. The first kappa shape index (κ1) is 12.6. The lowest BCUT2D eigenvalue weighted by atomic mass is 10.0. The van der Waals surface area contributed by atoms with Crippen LogP contribution in [0.1, 0.15) is 48.5 Å². The summed E-state index contributed by atoms with van der Waals surface area (Å²) >= 11 is 0. The summed E-state index contributed by atoms with van der Waals surface area (Å²) in [7, 11) is 0. The highest BCUT2D eigenvalue weighted by atomic mass is 16.3. The van der Waals surface area contributed by atoms with Crippen LogP contribution in [0.5, 0.6) is 5.75 Å². The SMILES string of the molecule is CCCCCCc1cccc(C(N)=O)c1O. The molecule has 1 aromatic rings. The fraction of sp³-hybridized carbons (Fsp3) is 0.462. The van der Waals surface area contributed by atoms with Crippen LogP contribution in [0, 0.1) is 0 Å². The van der Waals surface area contributed by atoms with E-state index >= 15 is 0 Å². The summed E-state index contributed by atoms with van der Waals surface area (Å²) in [5.41, 5.74) is 6.19. The highest BCUT2D eigenvalue weighted by Crippen LogP contribution is 2.23. The van der Waals surface area contributed by atoms with Gasteiger partial charge in [0.25, 0.3) is 5.91 Å². The molecule has 1 amide bonds. The number of unbranched alkanes of at least 4 members (excludes halogenated alkanes) is 3. The molecule has 0 aliphatic carbocycles. The predicted molar refractivity (Wildman–Crippen MR) is 64.5 cm³/mol. The van der Waals surface area contributed by atoms with Crippen LogP contribution >= 0.6 is 0 Å². The third-order valence-corrected chi connectivity index (χ3v) is 2.68. The Hall–Kier alpha value is -1.51. The van der Waals surface area contributed by atoms with E-state index in [9.17, 15) is 9.90 Å². The van der Waals surface area contributed by atoms with E-state index in [1.807, 2.05) is 6.07 Å². The predicted octanol–water partition coefficient (Wildman–Crippen LogP) is 2.61. The molecule has 88 valence electrons. The Morgan fingerprint density at radius 3 is 2.69 bits per heavy atom. The average Bonchev–Trinajstić information content (AvgIpc) is 2.26. The molecule has 16 heavy (non-hydrogen) atoms. The third kappa shape index (κ3) is 3.26. The Bertz CT molecular complexity index is 361. The van der Waals surface area contributed by atoms with Crippen molar-refractivity contribution in [2.24, 2.45) is 5.73 Å². The van der Waals surface area contributed by atoms with Gasteiger partial charge < -0.3 is 10.8 Å². The molecular formula is C13H19NO2. The van der Waals surface area contributed by atoms with Crippen LogP contribution in [0.4, 0.5) is 0 Å². The Labute approximate surface area is 96.3 Å². The maximum absolute atomic E-state index is 11.0. The first-order chi connectivity index (χ1) is 7.66. The van der Waals surface area contributed by atoms with Crippen LogP contribution in [-0.4, -0.2) is 11.0 Å². The number of carbonyl (C=O) groups excluding carboxylic acids is 1. The van der Waals surface area contributed by atoms with Crippen molar-refractivity contribution in [3.63, 3.8) is 0 Å². The van der Waals surface area contributed by atoms with E-state index in [0.29, 0.717) is 0 Å². The molecule has 0 saturated carbocycles. The molecule has 0 fully saturated rings. The normalized spacial score (nSPS) is 10.3. The number of primary amides is 1. The molecule has 1 aromatic carbocycles. The smallest absolute Gasteiger partial charge is 0.252 e. The summed E-state index contributed by atoms with van der Waals surface area (Å²) in [6, 6.07) is 5.15. The largest absolute Gasteiger partial charge is 0.507 e. The molecule has 3 N–H and O–H groups in total. The molecule has 1 rings (SSSR count). The van der Waals surface area contributed by atoms with Gasteiger partial charge in [0.2, 0.25) is 0 Å². The number of carbonyl (C=O) groups is 1. The second-order valence-electron chi connectivity index (χ2n) is 3.99. The maximum atomic E-state index is 11.0. The molecule has 0 unspecified atom stereocenters. The summed E-state index contributed by atoms with van der Waals surface area (Å²) in [6.07, 6.45) is 5.37. The molecule has 0 aliphatic rings. The van der Waals surface area contributed by atoms with Crippen molar-refractivity contribution < 1.29 is 9.90 Å².